The van der Waals surface area contributed by atoms with Gasteiger partial charge >= 0.3 is 0 Å². The highest BCUT2D eigenvalue weighted by atomic mass is 15.3. The number of pyridine rings is 1. The van der Waals surface area contributed by atoms with Crippen molar-refractivity contribution in [3.63, 3.8) is 0 Å². The van der Waals surface area contributed by atoms with Crippen molar-refractivity contribution in [1.29, 1.82) is 0 Å². The Morgan fingerprint density at radius 3 is 2.76 bits per heavy atom. The van der Waals surface area contributed by atoms with E-state index in [1.54, 1.807) is 0 Å². The Kier molecular flexibility index (Phi) is 3.10. The van der Waals surface area contributed by atoms with Crippen LogP contribution < -0.4 is 5.32 Å². The molecule has 2 fully saturated rings. The van der Waals surface area contributed by atoms with Gasteiger partial charge in [-0.1, -0.05) is 6.07 Å². The number of piperidine rings is 1. The van der Waals surface area contributed by atoms with Crippen LogP contribution in [0.2, 0.25) is 0 Å². The van der Waals surface area contributed by atoms with Gasteiger partial charge in [0, 0.05) is 24.8 Å². The normalized spacial score (nSPS) is 29.1. The average Bonchev–Trinajstić information content (AvgIpc) is 2.96. The number of anilines is 1. The summed E-state index contributed by atoms with van der Waals surface area (Å²) < 4.78 is 1.86. The number of nitrogens with one attached hydrogen (secondary N) is 1. The molecule has 2 saturated heterocycles. The Morgan fingerprint density at radius 2 is 2.05 bits per heavy atom. The Labute approximate surface area is 125 Å². The molecule has 0 amide bonds. The second-order valence-corrected chi connectivity index (χ2v) is 6.66. The van der Waals surface area contributed by atoms with Crippen LogP contribution in [0.25, 0.3) is 5.65 Å². The number of fused-ring (bicyclic) bond motifs is 3. The van der Waals surface area contributed by atoms with Crippen LogP contribution in [0, 0.1) is 12.8 Å². The molecule has 0 radical (unpaired) electrons. The Balaban J connectivity index is 1.43. The van der Waals surface area contributed by atoms with Crippen molar-refractivity contribution in [1.82, 2.24) is 19.5 Å². The maximum Gasteiger partial charge on any atom is 0.243 e. The molecule has 5 heteroatoms. The van der Waals surface area contributed by atoms with Crippen molar-refractivity contribution in [2.45, 2.75) is 44.7 Å². The van der Waals surface area contributed by atoms with Crippen LogP contribution in [0.4, 0.5) is 5.95 Å². The van der Waals surface area contributed by atoms with Crippen LogP contribution >= 0.6 is 0 Å². The molecule has 0 saturated carbocycles. The van der Waals surface area contributed by atoms with E-state index >= 15 is 0 Å². The fraction of sp³-hybridized carbons (Fsp3) is 0.625. The lowest BCUT2D eigenvalue weighted by Gasteiger charge is -2.36. The van der Waals surface area contributed by atoms with Crippen LogP contribution in [-0.4, -0.2) is 45.2 Å². The number of aromatic nitrogens is 3. The first kappa shape index (κ1) is 13.1. The molecule has 2 aromatic rings. The first-order valence-corrected chi connectivity index (χ1v) is 7.98. The van der Waals surface area contributed by atoms with E-state index in [4.69, 9.17) is 0 Å². The summed E-state index contributed by atoms with van der Waals surface area (Å²) >= 11 is 0. The van der Waals surface area contributed by atoms with Crippen molar-refractivity contribution in [3.05, 3.63) is 23.9 Å². The van der Waals surface area contributed by atoms with Crippen molar-refractivity contribution in [2.75, 3.05) is 18.9 Å². The first-order chi connectivity index (χ1) is 10.2. The molecule has 1 N–H and O–H groups in total. The predicted octanol–water partition coefficient (Wildman–Crippen LogP) is 2.32. The molecule has 21 heavy (non-hydrogen) atoms. The zero-order chi connectivity index (χ0) is 14.4. The number of rotatable bonds is 3. The lowest BCUT2D eigenvalue weighted by atomic mass is 9.91. The van der Waals surface area contributed by atoms with Gasteiger partial charge in [-0.05, 0) is 57.2 Å². The van der Waals surface area contributed by atoms with Gasteiger partial charge in [-0.25, -0.2) is 4.52 Å². The SMILES string of the molecule is Cc1cccn2nc(NCC3CC4CCC(C3)N4C)nc12. The second-order valence-electron chi connectivity index (χ2n) is 6.66. The van der Waals surface area contributed by atoms with Gasteiger partial charge in [0.2, 0.25) is 5.95 Å². The molecule has 2 aliphatic rings. The lowest BCUT2D eigenvalue weighted by molar-refractivity contribution is 0.139. The van der Waals surface area contributed by atoms with Gasteiger partial charge in [0.05, 0.1) is 0 Å². The van der Waals surface area contributed by atoms with E-state index in [0.717, 1.165) is 41.7 Å². The molecule has 2 bridgehead atoms. The summed E-state index contributed by atoms with van der Waals surface area (Å²) in [6, 6.07) is 5.68. The predicted molar refractivity (Wildman–Crippen MR) is 83.5 cm³/mol. The zero-order valence-corrected chi connectivity index (χ0v) is 12.8. The number of nitrogens with zero attached hydrogens (tertiary/aromatic N) is 4. The Morgan fingerprint density at radius 1 is 1.29 bits per heavy atom. The van der Waals surface area contributed by atoms with Crippen LogP contribution in [0.1, 0.15) is 31.2 Å². The quantitative estimate of drug-likeness (QED) is 0.940. The number of hydrogen-bond donors (Lipinski definition) is 1. The summed E-state index contributed by atoms with van der Waals surface area (Å²) in [5.41, 5.74) is 2.11. The summed E-state index contributed by atoms with van der Waals surface area (Å²) in [6.45, 7) is 3.07. The van der Waals surface area contributed by atoms with Crippen molar-refractivity contribution >= 4 is 11.6 Å². The summed E-state index contributed by atoms with van der Waals surface area (Å²) in [5, 5.41) is 7.96. The molecule has 2 unspecified atom stereocenters. The molecule has 2 atom stereocenters. The van der Waals surface area contributed by atoms with Gasteiger partial charge in [-0.15, -0.1) is 5.10 Å². The topological polar surface area (TPSA) is 45.5 Å². The van der Waals surface area contributed by atoms with Gasteiger partial charge < -0.3 is 10.2 Å². The monoisotopic (exact) mass is 285 g/mol. The molecule has 2 aromatic heterocycles. The van der Waals surface area contributed by atoms with Gasteiger partial charge in [0.15, 0.2) is 5.65 Å². The van der Waals surface area contributed by atoms with Crippen LogP contribution in [0.15, 0.2) is 18.3 Å². The standard InChI is InChI=1S/C16H23N5/c1-11-4-3-7-21-15(11)18-16(19-21)17-10-12-8-13-5-6-14(9-12)20(13)2/h3-4,7,12-14H,5-6,8-10H2,1-2H3,(H,17,19). The van der Waals surface area contributed by atoms with Gasteiger partial charge in [-0.3, -0.25) is 0 Å². The summed E-state index contributed by atoms with van der Waals surface area (Å²) in [4.78, 5) is 7.18. The fourth-order valence-corrected chi connectivity index (χ4v) is 4.04. The molecular formula is C16H23N5. The molecule has 0 aromatic carbocycles. The minimum Gasteiger partial charge on any atom is -0.353 e. The molecule has 112 valence electrons. The van der Waals surface area contributed by atoms with E-state index in [0.29, 0.717) is 0 Å². The van der Waals surface area contributed by atoms with E-state index in [-0.39, 0.29) is 0 Å². The molecular weight excluding hydrogens is 262 g/mol. The zero-order valence-electron chi connectivity index (χ0n) is 12.8. The highest BCUT2D eigenvalue weighted by Crippen LogP contribution is 2.37. The molecule has 4 rings (SSSR count). The van der Waals surface area contributed by atoms with Gasteiger partial charge in [0.25, 0.3) is 0 Å². The number of hydrogen-bond acceptors (Lipinski definition) is 4. The highest BCUT2D eigenvalue weighted by Gasteiger charge is 2.38. The van der Waals surface area contributed by atoms with Crippen LogP contribution in [0.3, 0.4) is 0 Å². The fourth-order valence-electron chi connectivity index (χ4n) is 4.04. The van der Waals surface area contributed by atoms with E-state index in [9.17, 15) is 0 Å². The third kappa shape index (κ3) is 2.29. The average molecular weight is 285 g/mol. The lowest BCUT2D eigenvalue weighted by Crippen LogP contribution is -2.41. The van der Waals surface area contributed by atoms with Crippen molar-refractivity contribution < 1.29 is 0 Å². The van der Waals surface area contributed by atoms with E-state index in [1.165, 1.54) is 25.7 Å². The Hall–Kier alpha value is -1.62. The summed E-state index contributed by atoms with van der Waals surface area (Å²) in [5.74, 6) is 1.52. The molecule has 0 spiro atoms. The summed E-state index contributed by atoms with van der Waals surface area (Å²) in [6.07, 6.45) is 7.34. The smallest absolute Gasteiger partial charge is 0.243 e. The third-order valence-electron chi connectivity index (χ3n) is 5.30. The summed E-state index contributed by atoms with van der Waals surface area (Å²) in [7, 11) is 2.29. The van der Waals surface area contributed by atoms with Crippen LogP contribution in [-0.2, 0) is 0 Å². The minimum absolute atomic E-state index is 0.756. The molecule has 2 aliphatic heterocycles. The minimum atomic E-state index is 0.756. The maximum atomic E-state index is 4.60. The largest absolute Gasteiger partial charge is 0.353 e. The van der Waals surface area contributed by atoms with Crippen molar-refractivity contribution in [2.24, 2.45) is 5.92 Å². The van der Waals surface area contributed by atoms with Gasteiger partial charge in [0.1, 0.15) is 0 Å². The molecule has 5 nitrogen and oxygen atoms in total. The van der Waals surface area contributed by atoms with Crippen molar-refractivity contribution in [3.8, 4) is 0 Å². The van der Waals surface area contributed by atoms with E-state index in [1.807, 2.05) is 16.8 Å². The first-order valence-electron chi connectivity index (χ1n) is 7.98. The number of aryl methyl sites for hydroxylation is 1. The van der Waals surface area contributed by atoms with Gasteiger partial charge in [-0.2, -0.15) is 4.98 Å². The second kappa shape index (κ2) is 4.98. The van der Waals surface area contributed by atoms with Crippen LogP contribution in [0.5, 0.6) is 0 Å². The van der Waals surface area contributed by atoms with E-state index in [2.05, 4.69) is 40.3 Å². The molecule has 4 heterocycles. The van der Waals surface area contributed by atoms with E-state index < -0.39 is 0 Å². The molecule has 0 aliphatic carbocycles. The third-order valence-corrected chi connectivity index (χ3v) is 5.30. The maximum absolute atomic E-state index is 4.60. The Bertz CT molecular complexity index is 635. The highest BCUT2D eigenvalue weighted by molar-refractivity contribution is 5.49.